The van der Waals surface area contributed by atoms with Gasteiger partial charge in [0.25, 0.3) is 0 Å². The van der Waals surface area contributed by atoms with Crippen LogP contribution >= 0.6 is 11.7 Å². The SMILES string of the molecule is c1ccc(-c2cccc(-c3nc(-c4cccc(-c5ccccc5)c4)nc(-c4cccc(-c5ccc(-c6nc7ccccc7c7c6ccc6nsnc67)cc5)c4)n3)c2)cc1. The van der Waals surface area contributed by atoms with Gasteiger partial charge in [0, 0.05) is 38.4 Å². The lowest BCUT2D eigenvalue weighted by Crippen LogP contribution is -2.00. The molecular formula is C52H32N6S. The summed E-state index contributed by atoms with van der Waals surface area (Å²) in [5.74, 6) is 1.83. The van der Waals surface area contributed by atoms with Crippen molar-refractivity contribution in [2.24, 2.45) is 0 Å². The van der Waals surface area contributed by atoms with Crippen molar-refractivity contribution >= 4 is 44.4 Å². The highest BCUT2D eigenvalue weighted by atomic mass is 32.1. The van der Waals surface area contributed by atoms with Gasteiger partial charge < -0.3 is 0 Å². The number of fused-ring (bicyclic) bond motifs is 5. The Labute approximate surface area is 344 Å². The van der Waals surface area contributed by atoms with Crippen molar-refractivity contribution in [2.75, 3.05) is 0 Å². The molecule has 0 fully saturated rings. The van der Waals surface area contributed by atoms with E-state index in [-0.39, 0.29) is 0 Å². The number of pyridine rings is 1. The Morgan fingerprint density at radius 2 is 0.746 bits per heavy atom. The smallest absolute Gasteiger partial charge is 0.164 e. The fourth-order valence-corrected chi connectivity index (χ4v) is 8.41. The van der Waals surface area contributed by atoms with Gasteiger partial charge in [-0.3, -0.25) is 0 Å². The van der Waals surface area contributed by atoms with E-state index < -0.39 is 0 Å². The summed E-state index contributed by atoms with van der Waals surface area (Å²) in [7, 11) is 0. The maximum atomic E-state index is 5.17. The number of benzene rings is 8. The molecule has 11 rings (SSSR count). The number of nitrogens with zero attached hydrogens (tertiary/aromatic N) is 6. The van der Waals surface area contributed by atoms with E-state index in [1.807, 2.05) is 24.3 Å². The maximum Gasteiger partial charge on any atom is 0.164 e. The second kappa shape index (κ2) is 14.6. The number of rotatable bonds is 7. The third-order valence-electron chi connectivity index (χ3n) is 10.8. The minimum absolute atomic E-state index is 0.605. The molecule has 0 bridgehead atoms. The molecular weight excluding hydrogens is 741 g/mol. The summed E-state index contributed by atoms with van der Waals surface area (Å²) in [6.07, 6.45) is 0. The van der Waals surface area contributed by atoms with E-state index in [1.165, 1.54) is 11.7 Å². The molecule has 11 aromatic rings. The van der Waals surface area contributed by atoms with Crippen LogP contribution < -0.4 is 0 Å². The van der Waals surface area contributed by atoms with E-state index >= 15 is 0 Å². The first kappa shape index (κ1) is 34.5. The van der Waals surface area contributed by atoms with Crippen LogP contribution in [0.3, 0.4) is 0 Å². The van der Waals surface area contributed by atoms with Crippen molar-refractivity contribution in [1.29, 1.82) is 0 Å². The second-order valence-corrected chi connectivity index (χ2v) is 15.0. The Morgan fingerprint density at radius 1 is 0.288 bits per heavy atom. The summed E-state index contributed by atoms with van der Waals surface area (Å²) in [4.78, 5) is 20.5. The molecule has 0 spiro atoms. The van der Waals surface area contributed by atoms with Crippen molar-refractivity contribution in [2.45, 2.75) is 0 Å². The van der Waals surface area contributed by atoms with Crippen molar-refractivity contribution < 1.29 is 0 Å². The van der Waals surface area contributed by atoms with Crippen molar-refractivity contribution in [3.05, 3.63) is 194 Å². The van der Waals surface area contributed by atoms with Crippen LogP contribution in [0.15, 0.2) is 194 Å². The van der Waals surface area contributed by atoms with Crippen molar-refractivity contribution in [3.8, 4) is 78.8 Å². The van der Waals surface area contributed by atoms with E-state index in [2.05, 4.69) is 179 Å². The highest BCUT2D eigenvalue weighted by Crippen LogP contribution is 2.38. The van der Waals surface area contributed by atoms with Gasteiger partial charge >= 0.3 is 0 Å². The first-order valence-electron chi connectivity index (χ1n) is 19.4. The van der Waals surface area contributed by atoms with E-state index in [9.17, 15) is 0 Å². The Kier molecular flexibility index (Phi) is 8.56. The molecule has 59 heavy (non-hydrogen) atoms. The Bertz CT molecular complexity index is 3230. The molecule has 0 aliphatic carbocycles. The Hall–Kier alpha value is -7.74. The number of hydrogen-bond acceptors (Lipinski definition) is 7. The van der Waals surface area contributed by atoms with Gasteiger partial charge in [-0.2, -0.15) is 8.75 Å². The Morgan fingerprint density at radius 3 is 1.31 bits per heavy atom. The van der Waals surface area contributed by atoms with Crippen molar-refractivity contribution in [3.63, 3.8) is 0 Å². The summed E-state index contributed by atoms with van der Waals surface area (Å²) >= 11 is 1.24. The molecule has 6 nitrogen and oxygen atoms in total. The van der Waals surface area contributed by atoms with Crippen LogP contribution in [0, 0.1) is 0 Å². The molecule has 3 aromatic heterocycles. The summed E-state index contributed by atoms with van der Waals surface area (Å²) in [5.41, 5.74) is 14.1. The first-order valence-corrected chi connectivity index (χ1v) is 20.2. The standard InChI is InChI=1S/C52H32N6S/c1-3-12-33(13-4-1)37-16-9-19-40(30-37)50-54-51(41-20-10-17-38(31-41)34-14-5-2-6-15-34)56-52(55-50)42-21-11-18-39(32-42)35-24-26-36(27-25-35)48-44-28-29-46-49(58-59-57-46)47(44)43-22-7-8-23-45(43)53-48/h1-32H. The number of para-hydroxylation sites is 1. The van der Waals surface area contributed by atoms with Gasteiger partial charge in [-0.1, -0.05) is 158 Å². The molecule has 0 aliphatic rings. The maximum absolute atomic E-state index is 5.17. The fourth-order valence-electron chi connectivity index (χ4n) is 7.86. The summed E-state index contributed by atoms with van der Waals surface area (Å²) in [5, 5.41) is 3.22. The Balaban J connectivity index is 0.999. The van der Waals surface area contributed by atoms with Gasteiger partial charge in [-0.15, -0.1) is 0 Å². The highest BCUT2D eigenvalue weighted by Gasteiger charge is 2.17. The molecule has 7 heteroatoms. The van der Waals surface area contributed by atoms with Gasteiger partial charge in [0.15, 0.2) is 17.5 Å². The molecule has 0 unspecified atom stereocenters. The highest BCUT2D eigenvalue weighted by molar-refractivity contribution is 7.00. The monoisotopic (exact) mass is 772 g/mol. The first-order chi connectivity index (χ1) is 29.2. The van der Waals surface area contributed by atoms with Crippen molar-refractivity contribution in [1.82, 2.24) is 28.7 Å². The minimum Gasteiger partial charge on any atom is -0.247 e. The van der Waals surface area contributed by atoms with E-state index in [0.717, 1.165) is 94.0 Å². The normalized spacial score (nSPS) is 11.4. The molecule has 0 saturated heterocycles. The van der Waals surface area contributed by atoms with Crippen LogP contribution in [-0.2, 0) is 0 Å². The lowest BCUT2D eigenvalue weighted by molar-refractivity contribution is 1.07. The second-order valence-electron chi connectivity index (χ2n) is 14.5. The third kappa shape index (κ3) is 6.49. The van der Waals surface area contributed by atoms with Gasteiger partial charge in [0.1, 0.15) is 11.0 Å². The average molecular weight is 773 g/mol. The molecule has 276 valence electrons. The van der Waals surface area contributed by atoms with Crippen LogP contribution in [-0.4, -0.2) is 28.7 Å². The van der Waals surface area contributed by atoms with Gasteiger partial charge in [-0.25, -0.2) is 19.9 Å². The zero-order valence-electron chi connectivity index (χ0n) is 31.6. The zero-order chi connectivity index (χ0) is 39.1. The van der Waals surface area contributed by atoms with Gasteiger partial charge in [-0.05, 0) is 69.8 Å². The fraction of sp³-hybridized carbons (Fsp3) is 0. The van der Waals surface area contributed by atoms with E-state index in [4.69, 9.17) is 19.9 Å². The van der Waals surface area contributed by atoms with Crippen LogP contribution in [0.1, 0.15) is 0 Å². The molecule has 0 N–H and O–H groups in total. The topological polar surface area (TPSA) is 77.3 Å². The minimum atomic E-state index is 0.605. The predicted molar refractivity (Wildman–Crippen MR) is 242 cm³/mol. The van der Waals surface area contributed by atoms with E-state index in [0.29, 0.717) is 17.5 Å². The molecule has 0 aliphatic heterocycles. The van der Waals surface area contributed by atoms with E-state index in [1.54, 1.807) is 0 Å². The largest absolute Gasteiger partial charge is 0.247 e. The molecule has 3 heterocycles. The lowest BCUT2D eigenvalue weighted by Gasteiger charge is -2.12. The number of aromatic nitrogens is 6. The third-order valence-corrected chi connectivity index (χ3v) is 11.3. The van der Waals surface area contributed by atoms with Crippen LogP contribution in [0.25, 0.3) is 112 Å². The summed E-state index contributed by atoms with van der Waals surface area (Å²) in [6.45, 7) is 0. The zero-order valence-corrected chi connectivity index (χ0v) is 32.4. The molecule has 0 saturated carbocycles. The molecule has 8 aromatic carbocycles. The van der Waals surface area contributed by atoms with Crippen LogP contribution in [0.2, 0.25) is 0 Å². The summed E-state index contributed by atoms with van der Waals surface area (Å²) in [6, 6.07) is 67.1. The molecule has 0 amide bonds. The summed E-state index contributed by atoms with van der Waals surface area (Å²) < 4.78 is 9.21. The molecule has 0 atom stereocenters. The number of hydrogen-bond donors (Lipinski definition) is 0. The van der Waals surface area contributed by atoms with Gasteiger partial charge in [0.05, 0.1) is 22.9 Å². The quantitative estimate of drug-likeness (QED) is 0.150. The molecule has 0 radical (unpaired) electrons. The predicted octanol–water partition coefficient (Wildman–Crippen LogP) is 13.2. The van der Waals surface area contributed by atoms with Crippen LogP contribution in [0.4, 0.5) is 0 Å². The average Bonchev–Trinajstić information content (AvgIpc) is 3.81. The van der Waals surface area contributed by atoms with Crippen LogP contribution in [0.5, 0.6) is 0 Å². The van der Waals surface area contributed by atoms with Gasteiger partial charge in [0.2, 0.25) is 0 Å². The lowest BCUT2D eigenvalue weighted by atomic mass is 9.97.